The van der Waals surface area contributed by atoms with Gasteiger partial charge in [-0.15, -0.1) is 0 Å². The fourth-order valence-corrected chi connectivity index (χ4v) is 6.23. The van der Waals surface area contributed by atoms with Crippen molar-refractivity contribution in [3.8, 4) is 11.5 Å². The number of hydrogen-bond acceptors (Lipinski definition) is 8. The molecule has 0 radical (unpaired) electrons. The summed E-state index contributed by atoms with van der Waals surface area (Å²) in [5.74, 6) is -0.513. The third-order valence-corrected chi connectivity index (χ3v) is 8.36. The highest BCUT2D eigenvalue weighted by molar-refractivity contribution is 5.79. The van der Waals surface area contributed by atoms with Crippen LogP contribution in [0.25, 0.3) is 0 Å². The molecule has 0 spiro atoms. The van der Waals surface area contributed by atoms with Crippen LogP contribution < -0.4 is 9.47 Å². The van der Waals surface area contributed by atoms with Crippen LogP contribution in [0.5, 0.6) is 11.5 Å². The molecule has 0 aromatic heterocycles. The van der Waals surface area contributed by atoms with Gasteiger partial charge in [-0.1, -0.05) is 33.3 Å². The van der Waals surface area contributed by atoms with Gasteiger partial charge < -0.3 is 33.9 Å². The summed E-state index contributed by atoms with van der Waals surface area (Å²) in [6, 6.07) is 5.31. The summed E-state index contributed by atoms with van der Waals surface area (Å²) in [6.07, 6.45) is 2.96. The van der Waals surface area contributed by atoms with E-state index >= 15 is 0 Å². The molecule has 1 amide bonds. The van der Waals surface area contributed by atoms with Crippen molar-refractivity contribution in [2.45, 2.75) is 64.7 Å². The average molecular weight is 562 g/mol. The maximum absolute atomic E-state index is 13.8. The number of carbonyl (C=O) groups is 2. The number of nitrogens with zero attached hydrogens (tertiary/aromatic N) is 3. The van der Waals surface area contributed by atoms with E-state index in [0.29, 0.717) is 50.8 Å². The number of ether oxygens (including phenoxy) is 4. The lowest BCUT2D eigenvalue weighted by atomic mass is 9.77. The van der Waals surface area contributed by atoms with Crippen LogP contribution in [-0.4, -0.2) is 111 Å². The topological polar surface area (TPSA) is 101 Å². The summed E-state index contributed by atoms with van der Waals surface area (Å²) in [5.41, 5.74) is 0.449. The number of carbonyl (C=O) groups excluding carboxylic acids is 1. The number of fused-ring (bicyclic) bond motifs is 1. The Hall–Kier alpha value is -2.40. The van der Waals surface area contributed by atoms with Crippen molar-refractivity contribution in [1.82, 2.24) is 14.7 Å². The first kappa shape index (κ1) is 30.6. The van der Waals surface area contributed by atoms with Gasteiger partial charge >= 0.3 is 5.97 Å². The van der Waals surface area contributed by atoms with E-state index in [1.807, 2.05) is 37.2 Å². The van der Waals surface area contributed by atoms with E-state index in [-0.39, 0.29) is 31.2 Å². The number of likely N-dealkylation sites (tertiary alicyclic amines) is 1. The Balaban J connectivity index is 1.60. The number of amides is 1. The zero-order valence-corrected chi connectivity index (χ0v) is 24.8. The number of rotatable bonds is 14. The van der Waals surface area contributed by atoms with E-state index in [9.17, 15) is 14.7 Å². The highest BCUT2D eigenvalue weighted by Gasteiger charge is 2.50. The third kappa shape index (κ3) is 7.26. The van der Waals surface area contributed by atoms with Crippen molar-refractivity contribution >= 4 is 11.9 Å². The minimum Gasteiger partial charge on any atom is -0.481 e. The van der Waals surface area contributed by atoms with E-state index < -0.39 is 23.6 Å². The minimum atomic E-state index is -0.861. The van der Waals surface area contributed by atoms with Gasteiger partial charge in [0.1, 0.15) is 0 Å². The molecule has 40 heavy (non-hydrogen) atoms. The largest absolute Gasteiger partial charge is 0.481 e. The van der Waals surface area contributed by atoms with E-state index in [2.05, 4.69) is 30.6 Å². The van der Waals surface area contributed by atoms with Crippen molar-refractivity contribution in [2.75, 3.05) is 66.8 Å². The van der Waals surface area contributed by atoms with Gasteiger partial charge in [0.2, 0.25) is 12.7 Å². The normalized spacial score (nSPS) is 23.3. The molecule has 0 bridgehead atoms. The van der Waals surface area contributed by atoms with Gasteiger partial charge in [0.15, 0.2) is 17.8 Å². The van der Waals surface area contributed by atoms with Crippen LogP contribution in [0, 0.1) is 11.3 Å². The number of benzene rings is 1. The quantitative estimate of drug-likeness (QED) is 0.367. The summed E-state index contributed by atoms with van der Waals surface area (Å²) in [4.78, 5) is 32.8. The van der Waals surface area contributed by atoms with Crippen molar-refractivity contribution in [3.63, 3.8) is 0 Å². The van der Waals surface area contributed by atoms with Gasteiger partial charge in [0.25, 0.3) is 0 Å². The molecule has 0 aliphatic carbocycles. The van der Waals surface area contributed by atoms with E-state index in [1.54, 1.807) is 0 Å². The van der Waals surface area contributed by atoms with E-state index in [0.717, 1.165) is 31.4 Å². The van der Waals surface area contributed by atoms with Crippen molar-refractivity contribution in [2.24, 2.45) is 11.3 Å². The molecule has 10 nitrogen and oxygen atoms in total. The molecule has 2 fully saturated rings. The summed E-state index contributed by atoms with van der Waals surface area (Å²) in [6.45, 7) is 10.4. The molecule has 1 aromatic carbocycles. The van der Waals surface area contributed by atoms with Crippen LogP contribution >= 0.6 is 0 Å². The molecular formula is C30H47N3O7. The second kappa shape index (κ2) is 13.5. The van der Waals surface area contributed by atoms with Crippen molar-refractivity contribution in [3.05, 3.63) is 23.8 Å². The molecule has 2 saturated heterocycles. The monoisotopic (exact) mass is 561 g/mol. The summed E-state index contributed by atoms with van der Waals surface area (Å²) in [5, 5.41) is 10.6. The van der Waals surface area contributed by atoms with Crippen LogP contribution in [0.1, 0.15) is 57.9 Å². The second-order valence-corrected chi connectivity index (χ2v) is 12.2. The molecule has 1 N–H and O–H groups in total. The summed E-state index contributed by atoms with van der Waals surface area (Å²) in [7, 11) is 4.07. The second-order valence-electron chi connectivity index (χ2n) is 12.2. The van der Waals surface area contributed by atoms with Crippen molar-refractivity contribution < 1.29 is 33.6 Å². The zero-order chi connectivity index (χ0) is 28.9. The highest BCUT2D eigenvalue weighted by atomic mass is 16.7. The molecule has 4 rings (SSSR count). The number of carboxylic acid groups (broad SMARTS) is 1. The molecule has 224 valence electrons. The van der Waals surface area contributed by atoms with Crippen LogP contribution in [0.3, 0.4) is 0 Å². The standard InChI is InChI=1S/C30H47N3O7/c1-6-7-12-32(13-8-11-31(4)5)26(34)19-33-18-22(21-9-10-24-25(16-21)40-20-39-24)27(28(35)36)23(33)17-30(2,3)29-37-14-15-38-29/h9-10,16,22-23,27,29H,6-8,11-15,17-20H2,1-5H3,(H,35,36)/t22-,23+,27?/m1/s1. The fourth-order valence-electron chi connectivity index (χ4n) is 6.23. The summed E-state index contributed by atoms with van der Waals surface area (Å²) < 4.78 is 22.8. The number of aliphatic carboxylic acids is 1. The molecule has 0 saturated carbocycles. The van der Waals surface area contributed by atoms with E-state index in [4.69, 9.17) is 18.9 Å². The smallest absolute Gasteiger partial charge is 0.308 e. The lowest BCUT2D eigenvalue weighted by molar-refractivity contribution is -0.148. The van der Waals surface area contributed by atoms with Gasteiger partial charge in [0.05, 0.1) is 25.7 Å². The fraction of sp³-hybridized carbons (Fsp3) is 0.733. The Morgan fingerprint density at radius 3 is 2.42 bits per heavy atom. The van der Waals surface area contributed by atoms with Gasteiger partial charge in [0, 0.05) is 37.0 Å². The lowest BCUT2D eigenvalue weighted by Crippen LogP contribution is -2.47. The Kier molecular flexibility index (Phi) is 10.3. The maximum atomic E-state index is 13.8. The average Bonchev–Trinajstić information content (AvgIpc) is 3.66. The Bertz CT molecular complexity index is 1010. The molecule has 1 aromatic rings. The molecule has 3 atom stereocenters. The Morgan fingerprint density at radius 2 is 1.75 bits per heavy atom. The van der Waals surface area contributed by atoms with Crippen LogP contribution in [0.4, 0.5) is 0 Å². The number of unbranched alkanes of at least 4 members (excludes halogenated alkanes) is 1. The molecule has 3 aliphatic rings. The first-order valence-corrected chi connectivity index (χ1v) is 14.6. The molecule has 3 heterocycles. The highest BCUT2D eigenvalue weighted by Crippen LogP contribution is 2.46. The summed E-state index contributed by atoms with van der Waals surface area (Å²) >= 11 is 0. The molecule has 1 unspecified atom stereocenters. The SMILES string of the molecule is CCCCN(CCCN(C)C)C(=O)CN1C[C@H](c2ccc3c(c2)OCO3)C(C(=O)O)[C@@H]1CC(C)(C)C1OCCO1. The van der Waals surface area contributed by atoms with Crippen LogP contribution in [-0.2, 0) is 19.1 Å². The number of carboxylic acids is 1. The van der Waals surface area contributed by atoms with Gasteiger partial charge in [-0.05, 0) is 57.6 Å². The van der Waals surface area contributed by atoms with Gasteiger partial charge in [-0.25, -0.2) is 0 Å². The first-order chi connectivity index (χ1) is 19.1. The number of hydrogen-bond donors (Lipinski definition) is 1. The predicted molar refractivity (Wildman–Crippen MR) is 151 cm³/mol. The van der Waals surface area contributed by atoms with Gasteiger partial charge in [-0.2, -0.15) is 0 Å². The molecular weight excluding hydrogens is 514 g/mol. The lowest BCUT2D eigenvalue weighted by Gasteiger charge is -2.37. The van der Waals surface area contributed by atoms with Crippen LogP contribution in [0.15, 0.2) is 18.2 Å². The van der Waals surface area contributed by atoms with E-state index in [1.165, 1.54) is 0 Å². The maximum Gasteiger partial charge on any atom is 0.308 e. The first-order valence-electron chi connectivity index (χ1n) is 14.6. The van der Waals surface area contributed by atoms with Crippen molar-refractivity contribution in [1.29, 1.82) is 0 Å². The Labute approximate surface area is 238 Å². The van der Waals surface area contributed by atoms with Crippen LogP contribution in [0.2, 0.25) is 0 Å². The third-order valence-electron chi connectivity index (χ3n) is 8.36. The zero-order valence-electron chi connectivity index (χ0n) is 24.8. The minimum absolute atomic E-state index is 0.0545. The van der Waals surface area contributed by atoms with Gasteiger partial charge in [-0.3, -0.25) is 14.5 Å². The Morgan fingerprint density at radius 1 is 1.05 bits per heavy atom. The molecule has 3 aliphatic heterocycles. The molecule has 10 heteroatoms. The predicted octanol–water partition coefficient (Wildman–Crippen LogP) is 3.25.